The summed E-state index contributed by atoms with van der Waals surface area (Å²) in [6.07, 6.45) is 6.96. The molecular weight excluding hydrogens is 278 g/mol. The van der Waals surface area contributed by atoms with Crippen molar-refractivity contribution < 1.29 is 4.74 Å². The van der Waals surface area contributed by atoms with Gasteiger partial charge in [0.1, 0.15) is 11.9 Å². The highest BCUT2D eigenvalue weighted by atomic mass is 16.5. The first-order valence-corrected chi connectivity index (χ1v) is 7.93. The summed E-state index contributed by atoms with van der Waals surface area (Å²) in [6.45, 7) is 7.95. The van der Waals surface area contributed by atoms with E-state index < -0.39 is 0 Å². The summed E-state index contributed by atoms with van der Waals surface area (Å²) in [4.78, 5) is 4.43. The third kappa shape index (κ3) is 2.94. The van der Waals surface area contributed by atoms with Gasteiger partial charge >= 0.3 is 0 Å². The van der Waals surface area contributed by atoms with Crippen LogP contribution in [0.25, 0.3) is 0 Å². The summed E-state index contributed by atoms with van der Waals surface area (Å²) in [5, 5.41) is 8.19. The van der Waals surface area contributed by atoms with E-state index in [0.29, 0.717) is 12.1 Å². The Morgan fingerprint density at radius 2 is 2.27 bits per heavy atom. The van der Waals surface area contributed by atoms with Gasteiger partial charge in [0.25, 0.3) is 0 Å². The van der Waals surface area contributed by atoms with Gasteiger partial charge in [0, 0.05) is 56.4 Å². The molecule has 0 aliphatic carbocycles. The van der Waals surface area contributed by atoms with Gasteiger partial charge in [0.15, 0.2) is 0 Å². The number of aryl methyl sites for hydroxylation is 2. The first-order chi connectivity index (χ1) is 10.6. The van der Waals surface area contributed by atoms with E-state index in [1.807, 2.05) is 28.7 Å². The second kappa shape index (κ2) is 6.22. The molecule has 0 saturated carbocycles. The van der Waals surface area contributed by atoms with Crippen molar-refractivity contribution in [3.63, 3.8) is 0 Å². The molecule has 1 N–H and O–H groups in total. The van der Waals surface area contributed by atoms with E-state index in [0.717, 1.165) is 31.1 Å². The van der Waals surface area contributed by atoms with Crippen LogP contribution in [0.1, 0.15) is 49.5 Å². The summed E-state index contributed by atoms with van der Waals surface area (Å²) >= 11 is 0. The molecule has 0 bridgehead atoms. The van der Waals surface area contributed by atoms with Crippen molar-refractivity contribution in [3.05, 3.63) is 35.7 Å². The molecule has 0 radical (unpaired) electrons. The smallest absolute Gasteiger partial charge is 0.139 e. The van der Waals surface area contributed by atoms with Gasteiger partial charge in [-0.1, -0.05) is 0 Å². The number of ether oxygens (including phenoxy) is 1. The topological polar surface area (TPSA) is 56.9 Å². The normalized spacial score (nSPS) is 21.9. The van der Waals surface area contributed by atoms with Crippen LogP contribution in [0.4, 0.5) is 0 Å². The highest BCUT2D eigenvalue weighted by molar-refractivity contribution is 5.16. The molecule has 2 atom stereocenters. The van der Waals surface area contributed by atoms with Crippen molar-refractivity contribution in [2.75, 3.05) is 6.61 Å². The van der Waals surface area contributed by atoms with Crippen molar-refractivity contribution in [2.24, 2.45) is 7.05 Å². The number of hydrogen-bond acceptors (Lipinski definition) is 4. The Morgan fingerprint density at radius 1 is 1.45 bits per heavy atom. The number of nitrogens with one attached hydrogen (secondary N) is 1. The zero-order valence-corrected chi connectivity index (χ0v) is 13.8. The third-order valence-electron chi connectivity index (χ3n) is 4.31. The summed E-state index contributed by atoms with van der Waals surface area (Å²) in [5.74, 6) is 0.990. The van der Waals surface area contributed by atoms with Crippen LogP contribution in [0.2, 0.25) is 0 Å². The molecule has 0 unspecified atom stereocenters. The van der Waals surface area contributed by atoms with Crippen LogP contribution >= 0.6 is 0 Å². The van der Waals surface area contributed by atoms with E-state index in [2.05, 4.69) is 42.4 Å². The number of imidazole rings is 1. The number of rotatable bonds is 5. The molecular formula is C16H25N5O. The van der Waals surface area contributed by atoms with Crippen LogP contribution in [-0.4, -0.2) is 32.0 Å². The predicted molar refractivity (Wildman–Crippen MR) is 84.5 cm³/mol. The summed E-state index contributed by atoms with van der Waals surface area (Å²) in [6, 6.07) is 0.686. The summed E-state index contributed by atoms with van der Waals surface area (Å²) in [7, 11) is 2.01. The van der Waals surface area contributed by atoms with E-state index in [1.54, 1.807) is 0 Å². The third-order valence-corrected chi connectivity index (χ3v) is 4.31. The fraction of sp³-hybridized carbons (Fsp3) is 0.625. The van der Waals surface area contributed by atoms with Crippen molar-refractivity contribution in [2.45, 2.75) is 51.9 Å². The lowest BCUT2D eigenvalue weighted by molar-refractivity contribution is 0.0893. The van der Waals surface area contributed by atoms with E-state index in [4.69, 9.17) is 4.74 Å². The van der Waals surface area contributed by atoms with Crippen LogP contribution in [0.3, 0.4) is 0 Å². The lowest BCUT2D eigenvalue weighted by atomic mass is 10.1. The monoisotopic (exact) mass is 303 g/mol. The Hall–Kier alpha value is -1.66. The lowest BCUT2D eigenvalue weighted by Gasteiger charge is -2.19. The van der Waals surface area contributed by atoms with Gasteiger partial charge in [0.05, 0.1) is 5.69 Å². The summed E-state index contributed by atoms with van der Waals surface area (Å²) < 4.78 is 9.94. The molecule has 3 rings (SSSR count). The van der Waals surface area contributed by atoms with E-state index in [9.17, 15) is 0 Å². The first-order valence-electron chi connectivity index (χ1n) is 7.93. The molecule has 1 aliphatic heterocycles. The predicted octanol–water partition coefficient (Wildman–Crippen LogP) is 2.13. The molecule has 1 fully saturated rings. The van der Waals surface area contributed by atoms with E-state index in [-0.39, 0.29) is 6.10 Å². The maximum atomic E-state index is 5.89. The highest BCUT2D eigenvalue weighted by Crippen LogP contribution is 2.28. The van der Waals surface area contributed by atoms with Gasteiger partial charge in [-0.05, 0) is 27.2 Å². The Bertz CT molecular complexity index is 630. The zero-order chi connectivity index (χ0) is 15.7. The Morgan fingerprint density at radius 3 is 2.91 bits per heavy atom. The molecule has 120 valence electrons. The minimum atomic E-state index is 0.0282. The van der Waals surface area contributed by atoms with Crippen molar-refractivity contribution >= 4 is 0 Å². The van der Waals surface area contributed by atoms with Gasteiger partial charge < -0.3 is 14.6 Å². The van der Waals surface area contributed by atoms with Crippen LogP contribution in [-0.2, 0) is 18.3 Å². The van der Waals surface area contributed by atoms with Gasteiger partial charge in [-0.15, -0.1) is 0 Å². The minimum Gasteiger partial charge on any atom is -0.369 e. The van der Waals surface area contributed by atoms with Crippen molar-refractivity contribution in [1.29, 1.82) is 0 Å². The maximum Gasteiger partial charge on any atom is 0.139 e. The maximum absolute atomic E-state index is 5.89. The van der Waals surface area contributed by atoms with Crippen LogP contribution in [0, 0.1) is 6.92 Å². The Labute approximate surface area is 131 Å². The average molecular weight is 303 g/mol. The van der Waals surface area contributed by atoms with Crippen LogP contribution < -0.4 is 5.32 Å². The van der Waals surface area contributed by atoms with E-state index in [1.165, 1.54) is 5.56 Å². The second-order valence-corrected chi connectivity index (χ2v) is 6.28. The Kier molecular flexibility index (Phi) is 4.31. The van der Waals surface area contributed by atoms with Crippen LogP contribution in [0.5, 0.6) is 0 Å². The standard InChI is InChI=1S/C16H25N5O/c1-11(2)21-10-13(12(3)19-21)9-18-14-5-8-22-15(14)16-17-6-7-20(16)4/h6-7,10-11,14-15,18H,5,8-9H2,1-4H3/t14-,15-/m0/s1. The largest absolute Gasteiger partial charge is 0.369 e. The fourth-order valence-corrected chi connectivity index (χ4v) is 2.90. The van der Waals surface area contributed by atoms with E-state index >= 15 is 0 Å². The number of hydrogen-bond donors (Lipinski definition) is 1. The quantitative estimate of drug-likeness (QED) is 0.919. The molecule has 0 aromatic carbocycles. The number of aromatic nitrogens is 4. The van der Waals surface area contributed by atoms with Crippen molar-refractivity contribution in [1.82, 2.24) is 24.6 Å². The molecule has 1 aliphatic rings. The van der Waals surface area contributed by atoms with Crippen LogP contribution in [0.15, 0.2) is 18.6 Å². The van der Waals surface area contributed by atoms with Gasteiger partial charge in [-0.3, -0.25) is 4.68 Å². The van der Waals surface area contributed by atoms with Gasteiger partial charge in [-0.2, -0.15) is 5.10 Å². The molecule has 22 heavy (non-hydrogen) atoms. The molecule has 1 saturated heterocycles. The first kappa shape index (κ1) is 15.2. The molecule has 6 nitrogen and oxygen atoms in total. The molecule has 0 amide bonds. The molecule has 6 heteroatoms. The second-order valence-electron chi connectivity index (χ2n) is 6.28. The van der Waals surface area contributed by atoms with Gasteiger partial charge in [-0.25, -0.2) is 4.98 Å². The van der Waals surface area contributed by atoms with Crippen molar-refractivity contribution in [3.8, 4) is 0 Å². The zero-order valence-electron chi connectivity index (χ0n) is 13.8. The lowest BCUT2D eigenvalue weighted by Crippen LogP contribution is -2.32. The molecule has 2 aromatic rings. The van der Waals surface area contributed by atoms with Gasteiger partial charge in [0.2, 0.25) is 0 Å². The SMILES string of the molecule is Cc1nn(C(C)C)cc1CN[C@H]1CCO[C@@H]1c1nccn1C. The molecule has 3 heterocycles. The molecule has 2 aromatic heterocycles. The Balaban J connectivity index is 1.67. The minimum absolute atomic E-state index is 0.0282. The average Bonchev–Trinajstić information content (AvgIpc) is 3.16. The summed E-state index contributed by atoms with van der Waals surface area (Å²) in [5.41, 5.74) is 2.34. The highest BCUT2D eigenvalue weighted by Gasteiger charge is 2.32. The fourth-order valence-electron chi connectivity index (χ4n) is 2.90. The molecule has 0 spiro atoms. The number of nitrogens with zero attached hydrogens (tertiary/aromatic N) is 4.